The van der Waals surface area contributed by atoms with Crippen molar-refractivity contribution >= 4 is 23.7 Å². The van der Waals surface area contributed by atoms with Gasteiger partial charge in [0.2, 0.25) is 0 Å². The van der Waals surface area contributed by atoms with E-state index in [4.69, 9.17) is 4.74 Å². The van der Waals surface area contributed by atoms with Crippen LogP contribution < -0.4 is 10.6 Å². The maximum absolute atomic E-state index is 12.3. The molecule has 2 aromatic rings. The zero-order valence-corrected chi connectivity index (χ0v) is 16.2. The van der Waals surface area contributed by atoms with Gasteiger partial charge in [0.15, 0.2) is 6.10 Å². The number of carbonyl (C=O) groups is 3. The number of fused-ring (bicyclic) bond motifs is 1. The summed E-state index contributed by atoms with van der Waals surface area (Å²) in [6, 6.07) is -0.469. The number of esters is 1. The molecule has 1 saturated carbocycles. The number of ether oxygens (including phenoxy) is 1. The number of rotatable bonds is 5. The molecule has 10 nitrogen and oxygen atoms in total. The van der Waals surface area contributed by atoms with Gasteiger partial charge in [-0.3, -0.25) is 14.9 Å². The van der Waals surface area contributed by atoms with Crippen molar-refractivity contribution in [2.45, 2.75) is 65.0 Å². The lowest BCUT2D eigenvalue weighted by molar-refractivity contribution is -0.153. The van der Waals surface area contributed by atoms with Crippen molar-refractivity contribution in [3.05, 3.63) is 23.3 Å². The van der Waals surface area contributed by atoms with Crippen LogP contribution in [0.4, 0.5) is 4.79 Å². The van der Waals surface area contributed by atoms with Crippen LogP contribution >= 0.6 is 0 Å². The fraction of sp³-hybridized carbons (Fsp3) is 0.556. The van der Waals surface area contributed by atoms with Gasteiger partial charge < -0.3 is 10.1 Å². The Morgan fingerprint density at radius 3 is 2.71 bits per heavy atom. The molecule has 3 amide bonds. The number of hydrogen-bond acceptors (Lipinski definition) is 7. The number of carbonyl (C=O) groups excluding carboxylic acids is 3. The number of amides is 3. The summed E-state index contributed by atoms with van der Waals surface area (Å²) in [7, 11) is 0. The molecule has 1 aliphatic rings. The molecule has 2 heterocycles. The van der Waals surface area contributed by atoms with Crippen molar-refractivity contribution in [2.24, 2.45) is 0 Å². The van der Waals surface area contributed by atoms with E-state index in [1.807, 2.05) is 6.92 Å². The van der Waals surface area contributed by atoms with Gasteiger partial charge in [0.05, 0.1) is 6.42 Å². The van der Waals surface area contributed by atoms with Crippen LogP contribution in [0.15, 0.2) is 6.33 Å². The third-order valence-electron chi connectivity index (χ3n) is 4.91. The van der Waals surface area contributed by atoms with Crippen LogP contribution in [-0.2, 0) is 20.7 Å². The maximum Gasteiger partial charge on any atom is 0.321 e. The minimum atomic E-state index is -1.09. The van der Waals surface area contributed by atoms with Gasteiger partial charge in [0.25, 0.3) is 11.7 Å². The van der Waals surface area contributed by atoms with E-state index >= 15 is 0 Å². The van der Waals surface area contributed by atoms with Crippen molar-refractivity contribution in [3.8, 4) is 0 Å². The minimum Gasteiger partial charge on any atom is -0.452 e. The summed E-state index contributed by atoms with van der Waals surface area (Å²) in [6.45, 7) is 5.00. The molecule has 2 aromatic heterocycles. The molecule has 1 fully saturated rings. The standard InChI is InChI=1S/C18H24N6O4/c1-10-14(11(2)24-17(21-10)19-9-20-24)8-15(25)28-12(3)16(26)23-18(27)22-13-6-4-5-7-13/h9,12-13H,4-8H2,1-3H3,(H2,22,23,26,27)/t12-/m1/s1. The minimum absolute atomic E-state index is 0.0631. The topological polar surface area (TPSA) is 128 Å². The molecule has 0 aliphatic heterocycles. The quantitative estimate of drug-likeness (QED) is 0.731. The molecule has 0 spiro atoms. The van der Waals surface area contributed by atoms with Crippen LogP contribution in [0.3, 0.4) is 0 Å². The summed E-state index contributed by atoms with van der Waals surface area (Å²) in [4.78, 5) is 44.6. The van der Waals surface area contributed by atoms with Crippen LogP contribution in [0, 0.1) is 13.8 Å². The van der Waals surface area contributed by atoms with Gasteiger partial charge in [-0.2, -0.15) is 10.1 Å². The molecule has 0 saturated heterocycles. The Morgan fingerprint density at radius 2 is 2.00 bits per heavy atom. The normalized spacial score (nSPS) is 15.4. The molecular weight excluding hydrogens is 364 g/mol. The molecule has 2 N–H and O–H groups in total. The molecule has 3 rings (SSSR count). The van der Waals surface area contributed by atoms with Crippen LogP contribution in [0.2, 0.25) is 0 Å². The number of hydrogen-bond donors (Lipinski definition) is 2. The zero-order valence-electron chi connectivity index (χ0n) is 16.2. The lowest BCUT2D eigenvalue weighted by Crippen LogP contribution is -2.47. The van der Waals surface area contributed by atoms with Crippen molar-refractivity contribution in [1.82, 2.24) is 30.2 Å². The summed E-state index contributed by atoms with van der Waals surface area (Å²) in [5, 5.41) is 9.04. The zero-order chi connectivity index (χ0) is 20.3. The number of aromatic nitrogens is 4. The van der Waals surface area contributed by atoms with Gasteiger partial charge in [0, 0.05) is 23.0 Å². The summed E-state index contributed by atoms with van der Waals surface area (Å²) in [5.41, 5.74) is 2.03. The number of nitrogens with zero attached hydrogens (tertiary/aromatic N) is 4. The van der Waals surface area contributed by atoms with E-state index in [-0.39, 0.29) is 12.5 Å². The van der Waals surface area contributed by atoms with Gasteiger partial charge in [-0.1, -0.05) is 12.8 Å². The molecule has 10 heteroatoms. The lowest BCUT2D eigenvalue weighted by Gasteiger charge is -2.16. The predicted molar refractivity (Wildman–Crippen MR) is 98.4 cm³/mol. The summed E-state index contributed by atoms with van der Waals surface area (Å²) < 4.78 is 6.73. The van der Waals surface area contributed by atoms with Crippen LogP contribution in [0.25, 0.3) is 5.78 Å². The van der Waals surface area contributed by atoms with E-state index in [1.54, 1.807) is 11.4 Å². The first-order chi connectivity index (χ1) is 13.3. The molecular formula is C18H24N6O4. The summed E-state index contributed by atoms with van der Waals surface area (Å²) >= 11 is 0. The highest BCUT2D eigenvalue weighted by Gasteiger charge is 2.23. The average molecular weight is 388 g/mol. The van der Waals surface area contributed by atoms with Gasteiger partial charge in [-0.25, -0.2) is 14.3 Å². The van der Waals surface area contributed by atoms with Crippen LogP contribution in [-0.4, -0.2) is 49.6 Å². The van der Waals surface area contributed by atoms with Crippen molar-refractivity contribution in [2.75, 3.05) is 0 Å². The number of nitrogens with one attached hydrogen (secondary N) is 2. The van der Waals surface area contributed by atoms with Gasteiger partial charge in [-0.15, -0.1) is 0 Å². The molecule has 0 radical (unpaired) electrons. The molecule has 0 unspecified atom stereocenters. The predicted octanol–water partition coefficient (Wildman–Crippen LogP) is 0.984. The summed E-state index contributed by atoms with van der Waals surface area (Å²) in [6.07, 6.45) is 4.20. The maximum atomic E-state index is 12.3. The molecule has 0 aromatic carbocycles. The van der Waals surface area contributed by atoms with Gasteiger partial charge in [-0.05, 0) is 33.6 Å². The Hall–Kier alpha value is -3.04. The third kappa shape index (κ3) is 4.44. The van der Waals surface area contributed by atoms with E-state index in [0.29, 0.717) is 17.0 Å². The van der Waals surface area contributed by atoms with E-state index in [2.05, 4.69) is 25.7 Å². The second-order valence-corrected chi connectivity index (χ2v) is 6.99. The Morgan fingerprint density at radius 1 is 1.29 bits per heavy atom. The van der Waals surface area contributed by atoms with Gasteiger partial charge in [0.1, 0.15) is 6.33 Å². The van der Waals surface area contributed by atoms with Crippen LogP contribution in [0.1, 0.15) is 49.6 Å². The van der Waals surface area contributed by atoms with Crippen molar-refractivity contribution < 1.29 is 19.1 Å². The van der Waals surface area contributed by atoms with E-state index < -0.39 is 24.0 Å². The third-order valence-corrected chi connectivity index (χ3v) is 4.91. The Balaban J connectivity index is 1.55. The highest BCUT2D eigenvalue weighted by Crippen LogP contribution is 2.17. The molecule has 0 bridgehead atoms. The highest BCUT2D eigenvalue weighted by atomic mass is 16.5. The molecule has 1 atom stereocenters. The fourth-order valence-electron chi connectivity index (χ4n) is 3.35. The Bertz CT molecular complexity index is 903. The monoisotopic (exact) mass is 388 g/mol. The number of imide groups is 1. The lowest BCUT2D eigenvalue weighted by atomic mass is 10.1. The smallest absolute Gasteiger partial charge is 0.321 e. The molecule has 1 aliphatic carbocycles. The molecule has 150 valence electrons. The highest BCUT2D eigenvalue weighted by molar-refractivity contribution is 5.97. The van der Waals surface area contributed by atoms with Crippen LogP contribution in [0.5, 0.6) is 0 Å². The fourth-order valence-corrected chi connectivity index (χ4v) is 3.35. The first kappa shape index (κ1) is 19.7. The second-order valence-electron chi connectivity index (χ2n) is 6.99. The van der Waals surface area contributed by atoms with E-state index in [1.165, 1.54) is 13.3 Å². The van der Waals surface area contributed by atoms with Crippen molar-refractivity contribution in [1.29, 1.82) is 0 Å². The SMILES string of the molecule is Cc1nc2ncnn2c(C)c1CC(=O)O[C@H](C)C(=O)NC(=O)NC1CCCC1. The Labute approximate surface area is 162 Å². The largest absolute Gasteiger partial charge is 0.452 e. The number of aryl methyl sites for hydroxylation is 2. The average Bonchev–Trinajstić information content (AvgIpc) is 3.30. The second kappa shape index (κ2) is 8.32. The van der Waals surface area contributed by atoms with Gasteiger partial charge >= 0.3 is 12.0 Å². The summed E-state index contributed by atoms with van der Waals surface area (Å²) in [5.74, 6) is -0.804. The van der Waals surface area contributed by atoms with E-state index in [9.17, 15) is 14.4 Å². The first-order valence-corrected chi connectivity index (χ1v) is 9.31. The Kier molecular flexibility index (Phi) is 5.86. The first-order valence-electron chi connectivity index (χ1n) is 9.31. The van der Waals surface area contributed by atoms with Crippen molar-refractivity contribution in [3.63, 3.8) is 0 Å². The van der Waals surface area contributed by atoms with E-state index in [0.717, 1.165) is 31.4 Å². The molecule has 28 heavy (non-hydrogen) atoms. The number of urea groups is 1.